The smallest absolute Gasteiger partial charge is 0.0484 e. The SMILES string of the molecule is CC1(C)c2ccccc2-c2ccc(N(c3ccccc3)c3cc(Br)cc(Br)c3)cc21. The van der Waals surface area contributed by atoms with Crippen LogP contribution in [0.25, 0.3) is 11.1 Å². The van der Waals surface area contributed by atoms with E-state index in [0.717, 1.165) is 26.0 Å². The zero-order chi connectivity index (χ0) is 20.9. The first-order chi connectivity index (χ1) is 14.4. The van der Waals surface area contributed by atoms with Crippen LogP contribution in [0.15, 0.2) is 99.9 Å². The van der Waals surface area contributed by atoms with Gasteiger partial charge in [-0.1, -0.05) is 94.2 Å². The van der Waals surface area contributed by atoms with Gasteiger partial charge in [-0.05, 0) is 64.7 Å². The molecule has 0 spiro atoms. The highest BCUT2D eigenvalue weighted by Gasteiger charge is 2.35. The molecule has 1 aliphatic rings. The summed E-state index contributed by atoms with van der Waals surface area (Å²) >= 11 is 7.31. The molecule has 1 nitrogen and oxygen atoms in total. The van der Waals surface area contributed by atoms with E-state index in [-0.39, 0.29) is 5.41 Å². The van der Waals surface area contributed by atoms with Gasteiger partial charge in [0, 0.05) is 31.4 Å². The van der Waals surface area contributed by atoms with E-state index in [4.69, 9.17) is 0 Å². The van der Waals surface area contributed by atoms with Crippen LogP contribution in [-0.2, 0) is 5.41 Å². The average molecular weight is 519 g/mol. The normalized spacial score (nSPS) is 13.6. The van der Waals surface area contributed by atoms with E-state index in [1.54, 1.807) is 0 Å². The topological polar surface area (TPSA) is 3.24 Å². The minimum atomic E-state index is -0.0256. The molecule has 30 heavy (non-hydrogen) atoms. The Balaban J connectivity index is 1.72. The maximum absolute atomic E-state index is 3.66. The number of nitrogens with zero attached hydrogens (tertiary/aromatic N) is 1. The number of benzene rings is 4. The monoisotopic (exact) mass is 517 g/mol. The molecule has 0 saturated carbocycles. The van der Waals surface area contributed by atoms with Crippen molar-refractivity contribution in [3.8, 4) is 11.1 Å². The number of rotatable bonds is 3. The summed E-state index contributed by atoms with van der Waals surface area (Å²) in [6.07, 6.45) is 0. The number of hydrogen-bond donors (Lipinski definition) is 0. The van der Waals surface area contributed by atoms with Gasteiger partial charge in [0.05, 0.1) is 0 Å². The number of anilines is 3. The van der Waals surface area contributed by atoms with Crippen molar-refractivity contribution in [2.24, 2.45) is 0 Å². The Kier molecular flexibility index (Phi) is 4.83. The molecule has 0 atom stereocenters. The third-order valence-corrected chi connectivity index (χ3v) is 6.86. The van der Waals surface area contributed by atoms with E-state index >= 15 is 0 Å². The van der Waals surface area contributed by atoms with E-state index < -0.39 is 0 Å². The number of para-hydroxylation sites is 1. The summed E-state index contributed by atoms with van der Waals surface area (Å²) in [5.74, 6) is 0. The molecule has 0 fully saturated rings. The van der Waals surface area contributed by atoms with E-state index in [2.05, 4.69) is 142 Å². The highest BCUT2D eigenvalue weighted by atomic mass is 79.9. The second-order valence-electron chi connectivity index (χ2n) is 8.20. The van der Waals surface area contributed by atoms with Gasteiger partial charge >= 0.3 is 0 Å². The molecule has 4 aromatic rings. The third kappa shape index (κ3) is 3.21. The van der Waals surface area contributed by atoms with Crippen LogP contribution < -0.4 is 4.90 Å². The lowest BCUT2D eigenvalue weighted by Crippen LogP contribution is -2.16. The zero-order valence-electron chi connectivity index (χ0n) is 16.9. The van der Waals surface area contributed by atoms with Gasteiger partial charge in [0.2, 0.25) is 0 Å². The van der Waals surface area contributed by atoms with Gasteiger partial charge in [-0.15, -0.1) is 0 Å². The summed E-state index contributed by atoms with van der Waals surface area (Å²) in [6, 6.07) is 32.6. The van der Waals surface area contributed by atoms with E-state index in [1.165, 1.54) is 22.3 Å². The summed E-state index contributed by atoms with van der Waals surface area (Å²) in [5, 5.41) is 0. The molecule has 1 aliphatic carbocycles. The highest BCUT2D eigenvalue weighted by molar-refractivity contribution is 9.11. The fourth-order valence-electron chi connectivity index (χ4n) is 4.52. The summed E-state index contributed by atoms with van der Waals surface area (Å²) in [5.41, 5.74) is 8.83. The second-order valence-corrected chi connectivity index (χ2v) is 10.0. The summed E-state index contributed by atoms with van der Waals surface area (Å²) in [4.78, 5) is 2.31. The van der Waals surface area contributed by atoms with E-state index in [0.29, 0.717) is 0 Å². The number of halogens is 2. The average Bonchev–Trinajstić information content (AvgIpc) is 2.96. The first kappa shape index (κ1) is 19.6. The van der Waals surface area contributed by atoms with Crippen molar-refractivity contribution in [3.63, 3.8) is 0 Å². The second kappa shape index (κ2) is 7.40. The van der Waals surface area contributed by atoms with Crippen LogP contribution in [0.5, 0.6) is 0 Å². The minimum absolute atomic E-state index is 0.0256. The Morgan fingerprint density at radius 3 is 1.93 bits per heavy atom. The fraction of sp³-hybridized carbons (Fsp3) is 0.111. The van der Waals surface area contributed by atoms with Gasteiger partial charge in [0.15, 0.2) is 0 Å². The number of hydrogen-bond acceptors (Lipinski definition) is 1. The Morgan fingerprint density at radius 2 is 1.20 bits per heavy atom. The standard InChI is InChI=1S/C27H21Br2N/c1-27(2)25-11-7-6-10-23(25)24-13-12-21(17-26(24)27)30(20-8-4-3-5-9-20)22-15-18(28)14-19(29)16-22/h3-17H,1-2H3. The van der Waals surface area contributed by atoms with Crippen molar-refractivity contribution >= 4 is 48.9 Å². The minimum Gasteiger partial charge on any atom is -0.310 e. The predicted octanol–water partition coefficient (Wildman–Crippen LogP) is 8.99. The van der Waals surface area contributed by atoms with Crippen LogP contribution >= 0.6 is 31.9 Å². The maximum Gasteiger partial charge on any atom is 0.0484 e. The highest BCUT2D eigenvalue weighted by Crippen LogP contribution is 2.50. The van der Waals surface area contributed by atoms with E-state index in [9.17, 15) is 0 Å². The van der Waals surface area contributed by atoms with Gasteiger partial charge in [-0.2, -0.15) is 0 Å². The molecule has 0 N–H and O–H groups in total. The van der Waals surface area contributed by atoms with Crippen LogP contribution in [0.2, 0.25) is 0 Å². The molecule has 0 aromatic heterocycles. The first-order valence-corrected chi connectivity index (χ1v) is 11.6. The molecular weight excluding hydrogens is 498 g/mol. The Hall–Kier alpha value is -2.36. The van der Waals surface area contributed by atoms with E-state index in [1.807, 2.05) is 0 Å². The molecule has 148 valence electrons. The molecule has 0 heterocycles. The van der Waals surface area contributed by atoms with Crippen molar-refractivity contribution in [1.82, 2.24) is 0 Å². The van der Waals surface area contributed by atoms with Crippen molar-refractivity contribution < 1.29 is 0 Å². The predicted molar refractivity (Wildman–Crippen MR) is 134 cm³/mol. The molecular formula is C27H21Br2N. The molecule has 0 aliphatic heterocycles. The van der Waals surface area contributed by atoms with Crippen molar-refractivity contribution in [2.75, 3.05) is 4.90 Å². The van der Waals surface area contributed by atoms with Gasteiger partial charge in [-0.25, -0.2) is 0 Å². The summed E-state index contributed by atoms with van der Waals surface area (Å²) < 4.78 is 2.09. The lowest BCUT2D eigenvalue weighted by molar-refractivity contribution is 0.660. The lowest BCUT2D eigenvalue weighted by Gasteiger charge is -2.28. The molecule has 0 amide bonds. The molecule has 0 unspecified atom stereocenters. The molecule has 0 saturated heterocycles. The van der Waals surface area contributed by atoms with Gasteiger partial charge in [0.25, 0.3) is 0 Å². The number of fused-ring (bicyclic) bond motifs is 3. The van der Waals surface area contributed by atoms with Crippen LogP contribution in [-0.4, -0.2) is 0 Å². The molecule has 5 rings (SSSR count). The van der Waals surface area contributed by atoms with Crippen molar-refractivity contribution in [1.29, 1.82) is 0 Å². The van der Waals surface area contributed by atoms with Crippen molar-refractivity contribution in [3.05, 3.63) is 111 Å². The Labute approximate surface area is 194 Å². The van der Waals surface area contributed by atoms with Gasteiger partial charge in [0.1, 0.15) is 0 Å². The lowest BCUT2D eigenvalue weighted by atomic mass is 9.82. The van der Waals surface area contributed by atoms with Gasteiger partial charge < -0.3 is 4.90 Å². The van der Waals surface area contributed by atoms with Crippen LogP contribution in [0, 0.1) is 0 Å². The summed E-state index contributed by atoms with van der Waals surface area (Å²) in [6.45, 7) is 4.65. The molecule has 0 bridgehead atoms. The third-order valence-electron chi connectivity index (χ3n) is 5.95. The molecule has 3 heteroatoms. The van der Waals surface area contributed by atoms with Crippen molar-refractivity contribution in [2.45, 2.75) is 19.3 Å². The Bertz CT molecular complexity index is 1220. The van der Waals surface area contributed by atoms with Gasteiger partial charge in [-0.3, -0.25) is 0 Å². The molecule has 0 radical (unpaired) electrons. The summed E-state index contributed by atoms with van der Waals surface area (Å²) in [7, 11) is 0. The van der Waals surface area contributed by atoms with Crippen LogP contribution in [0.1, 0.15) is 25.0 Å². The first-order valence-electron chi connectivity index (χ1n) is 10.0. The van der Waals surface area contributed by atoms with Crippen LogP contribution in [0.4, 0.5) is 17.1 Å². The van der Waals surface area contributed by atoms with Crippen LogP contribution in [0.3, 0.4) is 0 Å². The Morgan fingerprint density at radius 1 is 0.567 bits per heavy atom. The zero-order valence-corrected chi connectivity index (χ0v) is 20.0. The largest absolute Gasteiger partial charge is 0.310 e. The molecule has 4 aromatic carbocycles. The quantitative estimate of drug-likeness (QED) is 0.261. The fourth-order valence-corrected chi connectivity index (χ4v) is 5.79. The maximum atomic E-state index is 3.66.